The molecular weight excluding hydrogens is 274 g/mol. The molecule has 0 spiro atoms. The van der Waals surface area contributed by atoms with E-state index in [-0.39, 0.29) is 0 Å². The van der Waals surface area contributed by atoms with Crippen molar-refractivity contribution < 1.29 is 0 Å². The molecule has 100 valence electrons. The summed E-state index contributed by atoms with van der Waals surface area (Å²) in [6, 6.07) is 0.952. The Bertz CT molecular complexity index is 213. The zero-order valence-electron chi connectivity index (χ0n) is 11.3. The smallest absolute Gasteiger partial charge is 0.0124 e. The first-order valence-electron chi connectivity index (χ1n) is 7.61. The largest absolute Gasteiger partial charge is 0.300 e. The second-order valence-electron chi connectivity index (χ2n) is 6.16. The van der Waals surface area contributed by atoms with Crippen LogP contribution in [0.3, 0.4) is 0 Å². The summed E-state index contributed by atoms with van der Waals surface area (Å²) in [6.07, 6.45) is 11.7. The van der Waals surface area contributed by atoms with E-state index in [1.807, 2.05) is 0 Å². The lowest BCUT2D eigenvalue weighted by Crippen LogP contribution is -2.35. The van der Waals surface area contributed by atoms with E-state index in [2.05, 4.69) is 27.8 Å². The predicted octanol–water partition coefficient (Wildman–Crippen LogP) is 4.45. The third-order valence-electron chi connectivity index (χ3n) is 4.87. The Labute approximate surface area is 115 Å². The average Bonchev–Trinajstić information content (AvgIpc) is 2.97. The van der Waals surface area contributed by atoms with Gasteiger partial charge in [-0.15, -0.1) is 0 Å². The van der Waals surface area contributed by atoms with E-state index in [4.69, 9.17) is 0 Å². The van der Waals surface area contributed by atoms with E-state index in [1.54, 1.807) is 0 Å². The van der Waals surface area contributed by atoms with Crippen LogP contribution in [0.15, 0.2) is 0 Å². The topological polar surface area (TPSA) is 3.24 Å². The van der Waals surface area contributed by atoms with Crippen molar-refractivity contribution in [3.8, 4) is 0 Å². The van der Waals surface area contributed by atoms with Crippen molar-refractivity contribution in [2.75, 3.05) is 18.4 Å². The van der Waals surface area contributed by atoms with Gasteiger partial charge in [-0.1, -0.05) is 35.7 Å². The standard InChI is InChI=1S/C15H28BrN/c1-13(8-10-16)9-12-17-11-4-7-15(17)14-5-2-3-6-14/h13-15H,2-12H2,1H3. The van der Waals surface area contributed by atoms with E-state index in [9.17, 15) is 0 Å². The van der Waals surface area contributed by atoms with Crippen LogP contribution >= 0.6 is 15.9 Å². The zero-order valence-corrected chi connectivity index (χ0v) is 12.9. The third kappa shape index (κ3) is 3.96. The van der Waals surface area contributed by atoms with Crippen LogP contribution in [0.1, 0.15) is 58.3 Å². The summed E-state index contributed by atoms with van der Waals surface area (Å²) >= 11 is 3.56. The molecule has 2 fully saturated rings. The van der Waals surface area contributed by atoms with E-state index >= 15 is 0 Å². The summed E-state index contributed by atoms with van der Waals surface area (Å²) in [5.74, 6) is 1.93. The van der Waals surface area contributed by atoms with Gasteiger partial charge in [-0.25, -0.2) is 0 Å². The number of nitrogens with zero attached hydrogens (tertiary/aromatic N) is 1. The maximum Gasteiger partial charge on any atom is 0.0124 e. The van der Waals surface area contributed by atoms with Gasteiger partial charge < -0.3 is 4.90 Å². The van der Waals surface area contributed by atoms with Crippen LogP contribution in [-0.2, 0) is 0 Å². The molecule has 1 aliphatic heterocycles. The van der Waals surface area contributed by atoms with E-state index in [0.717, 1.165) is 17.9 Å². The molecule has 2 rings (SSSR count). The lowest BCUT2D eigenvalue weighted by molar-refractivity contribution is 0.180. The van der Waals surface area contributed by atoms with E-state index in [1.165, 1.54) is 69.8 Å². The molecule has 2 heteroatoms. The van der Waals surface area contributed by atoms with Gasteiger partial charge in [-0.05, 0) is 63.5 Å². The fourth-order valence-electron chi connectivity index (χ4n) is 3.72. The molecule has 0 aromatic rings. The van der Waals surface area contributed by atoms with Crippen LogP contribution in [0, 0.1) is 11.8 Å². The van der Waals surface area contributed by atoms with Crippen LogP contribution in [0.25, 0.3) is 0 Å². The number of halogens is 1. The molecule has 0 aromatic heterocycles. The van der Waals surface area contributed by atoms with Gasteiger partial charge in [0.25, 0.3) is 0 Å². The Morgan fingerprint density at radius 1 is 1.12 bits per heavy atom. The van der Waals surface area contributed by atoms with Crippen LogP contribution in [0.5, 0.6) is 0 Å². The molecule has 2 aliphatic rings. The minimum atomic E-state index is 0.888. The first kappa shape index (κ1) is 13.9. The number of alkyl halides is 1. The van der Waals surface area contributed by atoms with Gasteiger partial charge in [-0.3, -0.25) is 0 Å². The summed E-state index contributed by atoms with van der Waals surface area (Å²) in [7, 11) is 0. The first-order valence-corrected chi connectivity index (χ1v) is 8.73. The number of hydrogen-bond acceptors (Lipinski definition) is 1. The van der Waals surface area contributed by atoms with Crippen LogP contribution in [-0.4, -0.2) is 29.4 Å². The maximum atomic E-state index is 3.56. The van der Waals surface area contributed by atoms with Crippen molar-refractivity contribution in [2.24, 2.45) is 11.8 Å². The Kier molecular flexibility index (Phi) is 5.82. The van der Waals surface area contributed by atoms with Crippen molar-refractivity contribution in [3.63, 3.8) is 0 Å². The molecule has 1 saturated heterocycles. The van der Waals surface area contributed by atoms with Gasteiger partial charge in [0, 0.05) is 11.4 Å². The Morgan fingerprint density at radius 3 is 2.59 bits per heavy atom. The van der Waals surface area contributed by atoms with E-state index < -0.39 is 0 Å². The third-order valence-corrected chi connectivity index (χ3v) is 5.33. The second kappa shape index (κ2) is 7.13. The highest BCUT2D eigenvalue weighted by molar-refractivity contribution is 9.09. The Morgan fingerprint density at radius 2 is 1.88 bits per heavy atom. The summed E-state index contributed by atoms with van der Waals surface area (Å²) in [5, 5.41) is 1.17. The quantitative estimate of drug-likeness (QED) is 0.655. The van der Waals surface area contributed by atoms with Crippen molar-refractivity contribution in [1.29, 1.82) is 0 Å². The Hall–Kier alpha value is 0.440. The number of hydrogen-bond donors (Lipinski definition) is 0. The second-order valence-corrected chi connectivity index (χ2v) is 6.95. The van der Waals surface area contributed by atoms with Crippen molar-refractivity contribution in [3.05, 3.63) is 0 Å². The Balaban J connectivity index is 1.74. The van der Waals surface area contributed by atoms with Crippen LogP contribution < -0.4 is 0 Å². The number of rotatable bonds is 6. The summed E-state index contributed by atoms with van der Waals surface area (Å²) in [6.45, 7) is 5.14. The van der Waals surface area contributed by atoms with Crippen LogP contribution in [0.2, 0.25) is 0 Å². The SMILES string of the molecule is CC(CCBr)CCN1CCCC1C1CCCC1. The zero-order chi connectivity index (χ0) is 12.1. The van der Waals surface area contributed by atoms with Crippen molar-refractivity contribution in [2.45, 2.75) is 64.3 Å². The van der Waals surface area contributed by atoms with Crippen LogP contribution in [0.4, 0.5) is 0 Å². The molecule has 0 radical (unpaired) electrons. The molecule has 0 aromatic carbocycles. The lowest BCUT2D eigenvalue weighted by Gasteiger charge is -2.30. The molecule has 2 unspecified atom stereocenters. The molecule has 1 aliphatic carbocycles. The van der Waals surface area contributed by atoms with Gasteiger partial charge in [0.15, 0.2) is 0 Å². The minimum Gasteiger partial charge on any atom is -0.300 e. The predicted molar refractivity (Wildman–Crippen MR) is 78.7 cm³/mol. The van der Waals surface area contributed by atoms with Gasteiger partial charge in [0.1, 0.15) is 0 Å². The summed E-state index contributed by atoms with van der Waals surface area (Å²) < 4.78 is 0. The molecule has 0 N–H and O–H groups in total. The van der Waals surface area contributed by atoms with E-state index in [0.29, 0.717) is 0 Å². The highest BCUT2D eigenvalue weighted by Gasteiger charge is 2.32. The molecule has 2 atom stereocenters. The fourth-order valence-corrected chi connectivity index (χ4v) is 4.50. The molecule has 1 saturated carbocycles. The van der Waals surface area contributed by atoms with Crippen molar-refractivity contribution in [1.82, 2.24) is 4.90 Å². The summed E-state index contributed by atoms with van der Waals surface area (Å²) in [5.41, 5.74) is 0. The van der Waals surface area contributed by atoms with Crippen molar-refractivity contribution >= 4 is 15.9 Å². The highest BCUT2D eigenvalue weighted by atomic mass is 79.9. The lowest BCUT2D eigenvalue weighted by atomic mass is 9.95. The molecule has 0 amide bonds. The summed E-state index contributed by atoms with van der Waals surface area (Å²) in [4.78, 5) is 2.82. The average molecular weight is 302 g/mol. The molecule has 1 nitrogen and oxygen atoms in total. The molecule has 17 heavy (non-hydrogen) atoms. The molecule has 1 heterocycles. The number of likely N-dealkylation sites (tertiary alicyclic amines) is 1. The minimum absolute atomic E-state index is 0.888. The first-order chi connectivity index (χ1) is 8.31. The van der Waals surface area contributed by atoms with Gasteiger partial charge in [0.05, 0.1) is 0 Å². The molecular formula is C15H28BrN. The van der Waals surface area contributed by atoms with Gasteiger partial charge >= 0.3 is 0 Å². The highest BCUT2D eigenvalue weighted by Crippen LogP contribution is 2.35. The molecule has 0 bridgehead atoms. The normalized spacial score (nSPS) is 28.9. The van der Waals surface area contributed by atoms with Gasteiger partial charge in [0.2, 0.25) is 0 Å². The monoisotopic (exact) mass is 301 g/mol. The van der Waals surface area contributed by atoms with Gasteiger partial charge in [-0.2, -0.15) is 0 Å². The maximum absolute atomic E-state index is 3.56. The fraction of sp³-hybridized carbons (Fsp3) is 1.00.